The first-order chi connectivity index (χ1) is 10.5. The van der Waals surface area contributed by atoms with Crippen molar-refractivity contribution in [3.8, 4) is 0 Å². The zero-order valence-corrected chi connectivity index (χ0v) is 12.6. The molecule has 0 fully saturated rings. The number of hydrogen-bond donors (Lipinski definition) is 2. The number of para-hydroxylation sites is 2. The monoisotopic (exact) mass is 298 g/mol. The Morgan fingerprint density at radius 1 is 1.27 bits per heavy atom. The van der Waals surface area contributed by atoms with Crippen molar-refractivity contribution in [2.45, 2.75) is 26.8 Å². The van der Waals surface area contributed by atoms with E-state index in [0.717, 1.165) is 11.9 Å². The molecule has 0 aliphatic rings. The van der Waals surface area contributed by atoms with Gasteiger partial charge in [0.25, 0.3) is 0 Å². The van der Waals surface area contributed by atoms with Crippen LogP contribution in [0.15, 0.2) is 24.3 Å². The van der Waals surface area contributed by atoms with Crippen LogP contribution >= 0.6 is 0 Å². The van der Waals surface area contributed by atoms with E-state index >= 15 is 0 Å². The maximum atomic E-state index is 11.6. The van der Waals surface area contributed by atoms with E-state index in [4.69, 9.17) is 5.73 Å². The number of aromatic nitrogens is 3. The molecule has 0 atom stereocenters. The molecule has 3 rings (SSSR count). The summed E-state index contributed by atoms with van der Waals surface area (Å²) in [6, 6.07) is 7.40. The quantitative estimate of drug-likeness (QED) is 0.772. The van der Waals surface area contributed by atoms with Gasteiger partial charge in [0, 0.05) is 6.54 Å². The van der Waals surface area contributed by atoms with Crippen molar-refractivity contribution in [3.63, 3.8) is 0 Å². The molecule has 0 spiro atoms. The second-order valence-electron chi connectivity index (χ2n) is 5.78. The largest absolute Gasteiger partial charge is 0.477 e. The number of benzene rings is 1. The van der Waals surface area contributed by atoms with Gasteiger partial charge in [0.15, 0.2) is 5.65 Å². The van der Waals surface area contributed by atoms with Gasteiger partial charge in [-0.25, -0.2) is 14.8 Å². The number of aryl methyl sites for hydroxylation is 1. The molecule has 2 heterocycles. The van der Waals surface area contributed by atoms with Crippen LogP contribution < -0.4 is 5.73 Å². The average molecular weight is 298 g/mol. The summed E-state index contributed by atoms with van der Waals surface area (Å²) in [6.45, 7) is 4.85. The molecular formula is C16H18N4O2. The van der Waals surface area contributed by atoms with Crippen LogP contribution in [0.5, 0.6) is 0 Å². The Morgan fingerprint density at radius 2 is 1.91 bits per heavy atom. The molecule has 0 bridgehead atoms. The number of hydrogen-bond acceptors (Lipinski definition) is 4. The molecule has 1 aromatic carbocycles. The first-order valence-electron chi connectivity index (χ1n) is 7.26. The minimum Gasteiger partial charge on any atom is -0.477 e. The number of carbonyl (C=O) groups is 1. The van der Waals surface area contributed by atoms with Gasteiger partial charge < -0.3 is 15.4 Å². The fourth-order valence-corrected chi connectivity index (χ4v) is 2.54. The number of carboxylic acids is 1. The molecule has 0 aliphatic heterocycles. The summed E-state index contributed by atoms with van der Waals surface area (Å²) >= 11 is 0. The molecule has 6 heteroatoms. The summed E-state index contributed by atoms with van der Waals surface area (Å²) in [5.74, 6) is -0.368. The normalized spacial score (nSPS) is 11.6. The Morgan fingerprint density at radius 3 is 2.50 bits per heavy atom. The van der Waals surface area contributed by atoms with Crippen molar-refractivity contribution in [2.75, 3.05) is 5.73 Å². The zero-order valence-electron chi connectivity index (χ0n) is 12.6. The molecule has 0 amide bonds. The van der Waals surface area contributed by atoms with E-state index < -0.39 is 5.97 Å². The maximum absolute atomic E-state index is 11.6. The van der Waals surface area contributed by atoms with Crippen LogP contribution in [0.2, 0.25) is 0 Å². The van der Waals surface area contributed by atoms with Gasteiger partial charge in [0.2, 0.25) is 0 Å². The van der Waals surface area contributed by atoms with E-state index in [1.807, 2.05) is 24.3 Å². The average Bonchev–Trinajstić information content (AvgIpc) is 2.73. The Bertz CT molecular complexity index is 867. The second kappa shape index (κ2) is 5.29. The highest BCUT2D eigenvalue weighted by atomic mass is 16.4. The lowest BCUT2D eigenvalue weighted by molar-refractivity contribution is 0.0700. The van der Waals surface area contributed by atoms with Crippen molar-refractivity contribution in [1.82, 2.24) is 14.5 Å². The van der Waals surface area contributed by atoms with Crippen molar-refractivity contribution in [3.05, 3.63) is 29.8 Å². The lowest BCUT2D eigenvalue weighted by Gasteiger charge is -2.09. The minimum absolute atomic E-state index is 0.0389. The zero-order chi connectivity index (χ0) is 15.9. The molecular weight excluding hydrogens is 280 g/mol. The summed E-state index contributed by atoms with van der Waals surface area (Å²) in [6.07, 6.45) is 0.890. The molecule has 6 nitrogen and oxygen atoms in total. The molecule has 22 heavy (non-hydrogen) atoms. The first-order valence-corrected chi connectivity index (χ1v) is 7.26. The van der Waals surface area contributed by atoms with Crippen LogP contribution in [0.3, 0.4) is 0 Å². The Labute approximate surface area is 127 Å². The second-order valence-corrected chi connectivity index (χ2v) is 5.78. The highest BCUT2D eigenvalue weighted by molar-refractivity contribution is 6.07. The molecule has 3 aromatic rings. The number of rotatable bonds is 4. The number of aromatic carboxylic acids is 1. The van der Waals surface area contributed by atoms with Crippen LogP contribution in [0.25, 0.3) is 22.2 Å². The van der Waals surface area contributed by atoms with Crippen molar-refractivity contribution >= 4 is 34.0 Å². The lowest BCUT2D eigenvalue weighted by atomic mass is 10.1. The van der Waals surface area contributed by atoms with Crippen LogP contribution in [0, 0.1) is 5.92 Å². The third kappa shape index (κ3) is 2.26. The van der Waals surface area contributed by atoms with Crippen LogP contribution in [0.1, 0.15) is 30.6 Å². The van der Waals surface area contributed by atoms with Gasteiger partial charge in [0.05, 0.1) is 11.0 Å². The number of fused-ring (bicyclic) bond motifs is 2. The van der Waals surface area contributed by atoms with Gasteiger partial charge in [-0.1, -0.05) is 26.0 Å². The molecule has 0 radical (unpaired) electrons. The van der Waals surface area contributed by atoms with E-state index in [-0.39, 0.29) is 11.4 Å². The highest BCUT2D eigenvalue weighted by Crippen LogP contribution is 2.28. The van der Waals surface area contributed by atoms with Crippen molar-refractivity contribution in [2.24, 2.45) is 5.92 Å². The molecule has 2 aromatic heterocycles. The summed E-state index contributed by atoms with van der Waals surface area (Å²) in [5.41, 5.74) is 8.39. The predicted molar refractivity (Wildman–Crippen MR) is 85.9 cm³/mol. The van der Waals surface area contributed by atoms with E-state index in [2.05, 4.69) is 23.8 Å². The minimum atomic E-state index is -1.07. The van der Waals surface area contributed by atoms with E-state index in [0.29, 0.717) is 29.1 Å². The predicted octanol–water partition coefficient (Wildman–Crippen LogP) is 2.91. The number of carboxylic acid groups (broad SMARTS) is 1. The Kier molecular flexibility index (Phi) is 3.44. The number of nitrogen functional groups attached to an aromatic ring is 1. The summed E-state index contributed by atoms with van der Waals surface area (Å²) in [7, 11) is 0. The van der Waals surface area contributed by atoms with Crippen molar-refractivity contribution in [1.29, 1.82) is 0 Å². The standard InChI is InChI=1S/C16H18N4O2/c1-9(2)7-8-20-14(17)12(16(21)22)13-15(20)19-11-6-4-3-5-10(11)18-13/h3-6,9H,7-8,17H2,1-2H3,(H,21,22). The van der Waals surface area contributed by atoms with E-state index in [9.17, 15) is 9.90 Å². The molecule has 0 aliphatic carbocycles. The SMILES string of the molecule is CC(C)CCn1c(N)c(C(=O)O)c2nc3ccccc3nc21. The van der Waals surface area contributed by atoms with E-state index in [1.54, 1.807) is 4.57 Å². The highest BCUT2D eigenvalue weighted by Gasteiger charge is 2.23. The van der Waals surface area contributed by atoms with Gasteiger partial charge in [-0.15, -0.1) is 0 Å². The van der Waals surface area contributed by atoms with Gasteiger partial charge in [-0.05, 0) is 24.5 Å². The molecule has 0 unspecified atom stereocenters. The summed E-state index contributed by atoms with van der Waals surface area (Å²) in [4.78, 5) is 20.6. The number of nitrogens with two attached hydrogens (primary N) is 1. The Hall–Kier alpha value is -2.63. The van der Waals surface area contributed by atoms with Gasteiger partial charge in [0.1, 0.15) is 16.9 Å². The van der Waals surface area contributed by atoms with Crippen molar-refractivity contribution < 1.29 is 9.90 Å². The van der Waals surface area contributed by atoms with Gasteiger partial charge in [-0.2, -0.15) is 0 Å². The molecule has 0 saturated carbocycles. The number of nitrogens with zero attached hydrogens (tertiary/aromatic N) is 3. The van der Waals surface area contributed by atoms with Crippen LogP contribution in [-0.4, -0.2) is 25.6 Å². The fourth-order valence-electron chi connectivity index (χ4n) is 2.54. The van der Waals surface area contributed by atoms with Gasteiger partial charge in [-0.3, -0.25) is 0 Å². The molecule has 0 saturated heterocycles. The smallest absolute Gasteiger partial charge is 0.341 e. The van der Waals surface area contributed by atoms with Crippen LogP contribution in [-0.2, 0) is 6.54 Å². The molecule has 3 N–H and O–H groups in total. The van der Waals surface area contributed by atoms with E-state index in [1.165, 1.54) is 0 Å². The first kappa shape index (κ1) is 14.3. The summed E-state index contributed by atoms with van der Waals surface area (Å²) < 4.78 is 1.76. The third-order valence-electron chi connectivity index (χ3n) is 3.74. The fraction of sp³-hybridized carbons (Fsp3) is 0.312. The van der Waals surface area contributed by atoms with Gasteiger partial charge >= 0.3 is 5.97 Å². The maximum Gasteiger partial charge on any atom is 0.341 e. The number of anilines is 1. The Balaban J connectivity index is 2.31. The lowest BCUT2D eigenvalue weighted by Crippen LogP contribution is -2.08. The van der Waals surface area contributed by atoms with Crippen LogP contribution in [0.4, 0.5) is 5.82 Å². The molecule has 114 valence electrons. The third-order valence-corrected chi connectivity index (χ3v) is 3.74. The topological polar surface area (TPSA) is 94.0 Å². The summed E-state index contributed by atoms with van der Waals surface area (Å²) in [5, 5.41) is 9.47.